The summed E-state index contributed by atoms with van der Waals surface area (Å²) >= 11 is 0. The van der Waals surface area contributed by atoms with E-state index in [1.54, 1.807) is 18.2 Å². The molecule has 2 aromatic heterocycles. The van der Waals surface area contributed by atoms with Crippen LogP contribution < -0.4 is 5.32 Å². The van der Waals surface area contributed by atoms with E-state index in [0.29, 0.717) is 16.8 Å². The van der Waals surface area contributed by atoms with Crippen molar-refractivity contribution in [2.24, 2.45) is 0 Å². The average Bonchev–Trinajstić information content (AvgIpc) is 2.94. The third kappa shape index (κ3) is 3.72. The normalized spacial score (nSPS) is 11.7. The first kappa shape index (κ1) is 18.3. The number of nitrogens with one attached hydrogen (secondary N) is 1. The first-order chi connectivity index (χ1) is 12.9. The number of nitriles is 1. The topological polar surface area (TPSA) is 70.2 Å². The zero-order valence-electron chi connectivity index (χ0n) is 15.3. The molecule has 1 amide bonds. The maximum Gasteiger partial charge on any atom is 0.256 e. The van der Waals surface area contributed by atoms with E-state index in [-0.39, 0.29) is 0 Å². The van der Waals surface area contributed by atoms with Gasteiger partial charge >= 0.3 is 0 Å². The molecule has 0 radical (unpaired) electrons. The highest BCUT2D eigenvalue weighted by molar-refractivity contribution is 6.00. The lowest BCUT2D eigenvalue weighted by molar-refractivity contribution is 0.0946. The van der Waals surface area contributed by atoms with E-state index in [2.05, 4.69) is 10.3 Å². The van der Waals surface area contributed by atoms with Crippen molar-refractivity contribution in [2.75, 3.05) is 0 Å². The molecule has 0 aliphatic rings. The molecule has 0 saturated carbocycles. The molecule has 0 spiro atoms. The fourth-order valence-electron chi connectivity index (χ4n) is 2.91. The van der Waals surface area contributed by atoms with Gasteiger partial charge in [0.1, 0.15) is 17.5 Å². The zero-order valence-corrected chi connectivity index (χ0v) is 15.3. The standard InChI is InChI=1S/C21H19FN4O/c1-13(2)10-19-14(3)24-20-17(8-5-9-26(19)20)21(27)25-18(12-23)15-6-4-7-16(22)11-15/h4-11,18H,1-3H3,(H,25,27). The molecule has 0 bridgehead atoms. The fourth-order valence-corrected chi connectivity index (χ4v) is 2.91. The van der Waals surface area contributed by atoms with Crippen LogP contribution in [0, 0.1) is 24.1 Å². The largest absolute Gasteiger partial charge is 0.332 e. The molecule has 1 unspecified atom stereocenters. The summed E-state index contributed by atoms with van der Waals surface area (Å²) in [4.78, 5) is 17.3. The van der Waals surface area contributed by atoms with Crippen LogP contribution >= 0.6 is 0 Å². The predicted molar refractivity (Wildman–Crippen MR) is 101 cm³/mol. The Hall–Kier alpha value is -3.46. The summed E-state index contributed by atoms with van der Waals surface area (Å²) in [6.07, 6.45) is 3.84. The van der Waals surface area contributed by atoms with Gasteiger partial charge in [0.2, 0.25) is 0 Å². The van der Waals surface area contributed by atoms with Crippen molar-refractivity contribution in [2.45, 2.75) is 26.8 Å². The molecule has 0 saturated heterocycles. The number of aryl methyl sites for hydroxylation is 1. The summed E-state index contributed by atoms with van der Waals surface area (Å²) in [5.41, 5.74) is 4.08. The Bertz CT molecular complexity index is 1090. The van der Waals surface area contributed by atoms with Gasteiger partial charge in [-0.05, 0) is 56.7 Å². The second kappa shape index (κ2) is 7.42. The number of fused-ring (bicyclic) bond motifs is 1. The van der Waals surface area contributed by atoms with Gasteiger partial charge in [-0.3, -0.25) is 9.20 Å². The van der Waals surface area contributed by atoms with Gasteiger partial charge in [0.05, 0.1) is 23.0 Å². The van der Waals surface area contributed by atoms with Crippen molar-refractivity contribution in [3.63, 3.8) is 0 Å². The molecule has 5 nitrogen and oxygen atoms in total. The molecule has 1 aromatic carbocycles. The van der Waals surface area contributed by atoms with Gasteiger partial charge in [0.25, 0.3) is 5.91 Å². The van der Waals surface area contributed by atoms with Gasteiger partial charge in [-0.2, -0.15) is 5.26 Å². The predicted octanol–water partition coefficient (Wildman–Crippen LogP) is 4.20. The molecule has 1 N–H and O–H groups in total. The molecule has 2 heterocycles. The number of amides is 1. The number of carbonyl (C=O) groups is 1. The molecule has 0 aliphatic carbocycles. The molecule has 3 aromatic rings. The number of halogens is 1. The van der Waals surface area contributed by atoms with Crippen LogP contribution in [0.4, 0.5) is 4.39 Å². The lowest BCUT2D eigenvalue weighted by Crippen LogP contribution is -2.28. The Kier molecular flexibility index (Phi) is 5.04. The summed E-state index contributed by atoms with van der Waals surface area (Å²) in [5, 5.41) is 12.1. The zero-order chi connectivity index (χ0) is 19.6. The highest BCUT2D eigenvalue weighted by Crippen LogP contribution is 2.20. The van der Waals surface area contributed by atoms with Gasteiger partial charge in [0.15, 0.2) is 0 Å². The van der Waals surface area contributed by atoms with E-state index in [9.17, 15) is 14.4 Å². The summed E-state index contributed by atoms with van der Waals surface area (Å²) in [6, 6.07) is 10.1. The molecule has 136 valence electrons. The van der Waals surface area contributed by atoms with Crippen molar-refractivity contribution in [3.05, 3.63) is 76.5 Å². The lowest BCUT2D eigenvalue weighted by Gasteiger charge is -2.12. The van der Waals surface area contributed by atoms with Crippen molar-refractivity contribution in [1.82, 2.24) is 14.7 Å². The number of aromatic nitrogens is 2. The van der Waals surface area contributed by atoms with Crippen LogP contribution in [0.15, 0.2) is 48.2 Å². The summed E-state index contributed by atoms with van der Waals surface area (Å²) in [6.45, 7) is 5.87. The number of carbonyl (C=O) groups excluding carboxylic acids is 1. The minimum Gasteiger partial charge on any atom is -0.332 e. The van der Waals surface area contributed by atoms with Gasteiger partial charge in [-0.1, -0.05) is 17.7 Å². The first-order valence-corrected chi connectivity index (χ1v) is 8.49. The Balaban J connectivity index is 1.99. The van der Waals surface area contributed by atoms with Crippen LogP contribution in [-0.4, -0.2) is 15.3 Å². The summed E-state index contributed by atoms with van der Waals surface area (Å²) in [5.74, 6) is -0.899. The van der Waals surface area contributed by atoms with Crippen LogP contribution in [-0.2, 0) is 0 Å². The number of nitrogens with zero attached hydrogens (tertiary/aromatic N) is 3. The maximum atomic E-state index is 13.4. The molecular formula is C21H19FN4O. The number of hydrogen-bond donors (Lipinski definition) is 1. The second-order valence-corrected chi connectivity index (χ2v) is 6.51. The number of pyridine rings is 1. The number of hydrogen-bond acceptors (Lipinski definition) is 3. The molecule has 0 aliphatic heterocycles. The summed E-state index contributed by atoms with van der Waals surface area (Å²) in [7, 11) is 0. The van der Waals surface area contributed by atoms with Crippen LogP contribution in [0.3, 0.4) is 0 Å². The van der Waals surface area contributed by atoms with Crippen LogP contribution in [0.25, 0.3) is 11.7 Å². The monoisotopic (exact) mass is 362 g/mol. The highest BCUT2D eigenvalue weighted by atomic mass is 19.1. The number of rotatable bonds is 4. The number of benzene rings is 1. The van der Waals surface area contributed by atoms with Gasteiger partial charge < -0.3 is 5.32 Å². The quantitative estimate of drug-likeness (QED) is 0.756. The van der Waals surface area contributed by atoms with Crippen LogP contribution in [0.2, 0.25) is 0 Å². The van der Waals surface area contributed by atoms with Crippen molar-refractivity contribution >= 4 is 17.6 Å². The van der Waals surface area contributed by atoms with Crippen LogP contribution in [0.1, 0.15) is 47.2 Å². The Morgan fingerprint density at radius 3 is 2.78 bits per heavy atom. The summed E-state index contributed by atoms with van der Waals surface area (Å²) < 4.78 is 15.3. The van der Waals surface area contributed by atoms with Gasteiger partial charge in [-0.25, -0.2) is 9.37 Å². The van der Waals surface area contributed by atoms with E-state index >= 15 is 0 Å². The molecule has 3 rings (SSSR count). The van der Waals surface area contributed by atoms with E-state index in [1.165, 1.54) is 18.2 Å². The maximum absolute atomic E-state index is 13.4. The van der Waals surface area contributed by atoms with E-state index < -0.39 is 17.8 Å². The molecule has 27 heavy (non-hydrogen) atoms. The van der Waals surface area contributed by atoms with E-state index in [0.717, 1.165) is 17.0 Å². The Morgan fingerprint density at radius 1 is 1.33 bits per heavy atom. The molecule has 1 atom stereocenters. The van der Waals surface area contributed by atoms with E-state index in [4.69, 9.17) is 0 Å². The Morgan fingerprint density at radius 2 is 2.11 bits per heavy atom. The smallest absolute Gasteiger partial charge is 0.256 e. The molecule has 0 fully saturated rings. The van der Waals surface area contributed by atoms with Crippen molar-refractivity contribution < 1.29 is 9.18 Å². The number of allylic oxidation sites excluding steroid dienone is 1. The lowest BCUT2D eigenvalue weighted by atomic mass is 10.1. The SMILES string of the molecule is CC(C)=Cc1c(C)nc2c(C(=O)NC(C#N)c3cccc(F)c3)cccn12. The third-order valence-corrected chi connectivity index (χ3v) is 4.13. The minimum atomic E-state index is -0.957. The van der Waals surface area contributed by atoms with E-state index in [1.807, 2.05) is 43.5 Å². The first-order valence-electron chi connectivity index (χ1n) is 8.49. The Labute approximate surface area is 156 Å². The van der Waals surface area contributed by atoms with Gasteiger partial charge in [0, 0.05) is 6.20 Å². The van der Waals surface area contributed by atoms with Crippen molar-refractivity contribution in [3.8, 4) is 6.07 Å². The number of imidazole rings is 1. The minimum absolute atomic E-state index is 0.352. The van der Waals surface area contributed by atoms with Gasteiger partial charge in [-0.15, -0.1) is 0 Å². The van der Waals surface area contributed by atoms with Crippen molar-refractivity contribution in [1.29, 1.82) is 5.26 Å². The second-order valence-electron chi connectivity index (χ2n) is 6.51. The average molecular weight is 362 g/mol. The highest BCUT2D eigenvalue weighted by Gasteiger charge is 2.19. The molecule has 6 heteroatoms. The third-order valence-electron chi connectivity index (χ3n) is 4.13. The molecular weight excluding hydrogens is 343 g/mol. The van der Waals surface area contributed by atoms with Crippen LogP contribution in [0.5, 0.6) is 0 Å². The fraction of sp³-hybridized carbons (Fsp3) is 0.190.